The van der Waals surface area contributed by atoms with Crippen molar-refractivity contribution in [2.45, 2.75) is 64.3 Å². The molecular weight excluding hydrogens is 509 g/mol. The number of hydrogen-bond acceptors (Lipinski definition) is 7. The second kappa shape index (κ2) is 10.4. The van der Waals surface area contributed by atoms with E-state index in [2.05, 4.69) is 15.6 Å². The molecule has 2 bridgehead atoms. The number of hydrogen-bond donors (Lipinski definition) is 3. The second-order valence-corrected chi connectivity index (χ2v) is 10.7. The Morgan fingerprint density at radius 3 is 2.46 bits per heavy atom. The lowest BCUT2D eigenvalue weighted by Crippen LogP contribution is -2.54. The van der Waals surface area contributed by atoms with Gasteiger partial charge in [-0.3, -0.25) is 23.7 Å². The van der Waals surface area contributed by atoms with Gasteiger partial charge in [0.15, 0.2) is 5.69 Å². The minimum atomic E-state index is -1.22. The van der Waals surface area contributed by atoms with Gasteiger partial charge in [-0.25, -0.2) is 9.37 Å². The van der Waals surface area contributed by atoms with Gasteiger partial charge in [-0.05, 0) is 56.7 Å². The van der Waals surface area contributed by atoms with E-state index in [4.69, 9.17) is 4.74 Å². The van der Waals surface area contributed by atoms with Crippen LogP contribution in [0.1, 0.15) is 60.0 Å². The number of nitrogens with zero attached hydrogens (tertiary/aromatic N) is 3. The standard InChI is InChI=1S/C27H34FN5O6/c1-15-12-17(6-7-18(15)28)13-29-21(35)19-20(39-5)23(37)33-14-26(16(2)34)8-10-27(11-9-26,25(33)30-19)31-22(36)24(38)32(3)4/h6-7,12,16,34H,8-11,13-14H2,1-5H3,(H,29,35)(H,31,36). The summed E-state index contributed by atoms with van der Waals surface area (Å²) < 4.78 is 20.3. The van der Waals surface area contributed by atoms with Crippen LogP contribution in [-0.4, -0.2) is 64.6 Å². The molecule has 12 heteroatoms. The maximum Gasteiger partial charge on any atom is 0.311 e. The molecule has 1 atom stereocenters. The Balaban J connectivity index is 1.79. The quantitative estimate of drug-likeness (QED) is 0.461. The van der Waals surface area contributed by atoms with Crippen molar-refractivity contribution in [3.8, 4) is 5.75 Å². The molecule has 0 saturated heterocycles. The molecule has 1 saturated carbocycles. The first-order chi connectivity index (χ1) is 18.3. The van der Waals surface area contributed by atoms with Gasteiger partial charge >= 0.3 is 11.8 Å². The summed E-state index contributed by atoms with van der Waals surface area (Å²) in [6.07, 6.45) is 0.758. The Hall–Kier alpha value is -3.80. The topological polar surface area (TPSA) is 143 Å². The minimum absolute atomic E-state index is 0.0492. The van der Waals surface area contributed by atoms with E-state index in [1.807, 2.05) is 0 Å². The number of aliphatic hydroxyl groups is 1. The van der Waals surface area contributed by atoms with Crippen LogP contribution in [-0.2, 0) is 28.2 Å². The summed E-state index contributed by atoms with van der Waals surface area (Å²) in [5, 5.41) is 16.2. The third kappa shape index (κ3) is 5.00. The van der Waals surface area contributed by atoms with Gasteiger partial charge in [-0.15, -0.1) is 0 Å². The van der Waals surface area contributed by atoms with Gasteiger partial charge in [-0.1, -0.05) is 12.1 Å². The van der Waals surface area contributed by atoms with Gasteiger partial charge in [0, 0.05) is 32.6 Å². The Kier molecular flexibility index (Phi) is 7.53. The highest BCUT2D eigenvalue weighted by Gasteiger charge is 2.53. The van der Waals surface area contributed by atoms with Crippen molar-refractivity contribution in [1.82, 2.24) is 25.1 Å². The number of likely N-dealkylation sites (N-methyl/N-ethyl adjacent to an activating group) is 1. The monoisotopic (exact) mass is 543 g/mol. The van der Waals surface area contributed by atoms with Gasteiger partial charge in [0.2, 0.25) is 5.75 Å². The first-order valence-corrected chi connectivity index (χ1v) is 12.8. The Morgan fingerprint density at radius 1 is 1.23 bits per heavy atom. The first kappa shape index (κ1) is 28.2. The van der Waals surface area contributed by atoms with Crippen LogP contribution in [0.5, 0.6) is 5.75 Å². The lowest BCUT2D eigenvalue weighted by molar-refractivity contribution is -0.146. The predicted octanol–water partition coefficient (Wildman–Crippen LogP) is 0.984. The summed E-state index contributed by atoms with van der Waals surface area (Å²) in [7, 11) is 4.17. The summed E-state index contributed by atoms with van der Waals surface area (Å²) in [6, 6.07) is 4.45. The third-order valence-corrected chi connectivity index (χ3v) is 8.06. The molecule has 210 valence electrons. The van der Waals surface area contributed by atoms with Crippen molar-refractivity contribution in [3.05, 3.63) is 57.0 Å². The molecule has 5 rings (SSSR count). The number of halogens is 1. The van der Waals surface area contributed by atoms with Crippen molar-refractivity contribution < 1.29 is 28.6 Å². The van der Waals surface area contributed by atoms with Gasteiger partial charge in [0.25, 0.3) is 11.5 Å². The maximum atomic E-state index is 13.7. The lowest BCUT2D eigenvalue weighted by Gasteiger charge is -2.43. The number of benzene rings is 1. The molecule has 1 fully saturated rings. The zero-order valence-corrected chi connectivity index (χ0v) is 22.8. The van der Waals surface area contributed by atoms with Crippen molar-refractivity contribution in [1.29, 1.82) is 0 Å². The smallest absolute Gasteiger partial charge is 0.311 e. The highest BCUT2D eigenvalue weighted by atomic mass is 19.1. The fraction of sp³-hybridized carbons (Fsp3) is 0.519. The number of carbonyl (C=O) groups is 3. The minimum Gasteiger partial charge on any atom is -0.489 e. The van der Waals surface area contributed by atoms with Gasteiger partial charge in [0.1, 0.15) is 11.6 Å². The van der Waals surface area contributed by atoms with Crippen LogP contribution in [0, 0.1) is 18.2 Å². The summed E-state index contributed by atoms with van der Waals surface area (Å²) in [5.74, 6) is -2.83. The molecule has 3 amide bonds. The van der Waals surface area contributed by atoms with Crippen molar-refractivity contribution in [3.63, 3.8) is 0 Å². The molecule has 3 aliphatic rings. The van der Waals surface area contributed by atoms with Gasteiger partial charge < -0.3 is 25.4 Å². The van der Waals surface area contributed by atoms with Crippen LogP contribution in [0.3, 0.4) is 0 Å². The third-order valence-electron chi connectivity index (χ3n) is 8.06. The number of aromatic nitrogens is 2. The van der Waals surface area contributed by atoms with E-state index in [0.29, 0.717) is 36.8 Å². The zero-order valence-electron chi connectivity index (χ0n) is 22.8. The molecule has 1 aromatic heterocycles. The zero-order chi connectivity index (χ0) is 28.7. The Bertz CT molecular complexity index is 1380. The van der Waals surface area contributed by atoms with Crippen molar-refractivity contribution in [2.24, 2.45) is 5.41 Å². The number of methoxy groups -OCH3 is 1. The van der Waals surface area contributed by atoms with Crippen molar-refractivity contribution in [2.75, 3.05) is 21.2 Å². The number of amides is 3. The van der Waals surface area contributed by atoms with Crippen LogP contribution in [0.25, 0.3) is 0 Å². The van der Waals surface area contributed by atoms with E-state index in [1.54, 1.807) is 26.0 Å². The average molecular weight is 544 g/mol. The predicted molar refractivity (Wildman–Crippen MR) is 138 cm³/mol. The second-order valence-electron chi connectivity index (χ2n) is 10.7. The lowest BCUT2D eigenvalue weighted by atomic mass is 9.66. The molecule has 39 heavy (non-hydrogen) atoms. The number of ether oxygens (including phenoxy) is 1. The molecule has 2 aromatic rings. The normalized spacial score (nSPS) is 22.3. The van der Waals surface area contributed by atoms with E-state index in [-0.39, 0.29) is 36.2 Å². The van der Waals surface area contributed by atoms with Crippen LogP contribution in [0.2, 0.25) is 0 Å². The Labute approximate surface area is 225 Å². The number of aliphatic hydroxyl groups excluding tert-OH is 1. The fourth-order valence-corrected chi connectivity index (χ4v) is 5.55. The maximum absolute atomic E-state index is 13.7. The highest BCUT2D eigenvalue weighted by molar-refractivity contribution is 6.35. The van der Waals surface area contributed by atoms with E-state index in [9.17, 15) is 28.7 Å². The Morgan fingerprint density at radius 2 is 1.90 bits per heavy atom. The number of aryl methyl sites for hydroxylation is 1. The molecule has 0 spiro atoms. The number of carbonyl (C=O) groups excluding carboxylic acids is 3. The van der Waals surface area contributed by atoms with Crippen LogP contribution in [0.15, 0.2) is 23.0 Å². The number of fused-ring (bicyclic) bond motifs is 2. The molecule has 0 radical (unpaired) electrons. The van der Waals surface area contributed by atoms with E-state index in [0.717, 1.165) is 4.90 Å². The number of rotatable bonds is 6. The van der Waals surface area contributed by atoms with Crippen molar-refractivity contribution >= 4 is 17.7 Å². The summed E-state index contributed by atoms with van der Waals surface area (Å²) >= 11 is 0. The van der Waals surface area contributed by atoms with E-state index >= 15 is 0 Å². The number of nitrogens with one attached hydrogen (secondary N) is 2. The molecule has 2 aliphatic heterocycles. The van der Waals surface area contributed by atoms with Crippen LogP contribution >= 0.6 is 0 Å². The van der Waals surface area contributed by atoms with Gasteiger partial charge in [0.05, 0.1) is 18.8 Å². The average Bonchev–Trinajstić information content (AvgIpc) is 3.13. The summed E-state index contributed by atoms with van der Waals surface area (Å²) in [4.78, 5) is 58.1. The van der Waals surface area contributed by atoms with Gasteiger partial charge in [-0.2, -0.15) is 0 Å². The molecular formula is C27H34FN5O6. The van der Waals surface area contributed by atoms with Crippen LogP contribution < -0.4 is 20.9 Å². The van der Waals surface area contributed by atoms with E-state index in [1.165, 1.54) is 31.8 Å². The molecule has 11 nitrogen and oxygen atoms in total. The first-order valence-electron chi connectivity index (χ1n) is 12.8. The largest absolute Gasteiger partial charge is 0.489 e. The molecule has 1 unspecified atom stereocenters. The molecule has 1 aromatic carbocycles. The SMILES string of the molecule is COc1c(C(=O)NCc2ccc(F)c(C)c2)nc2n(c1=O)CC1(C(C)O)CCC2(NC(=O)C(=O)N(C)C)CC1. The highest BCUT2D eigenvalue weighted by Crippen LogP contribution is 2.51. The molecule has 3 heterocycles. The molecule has 3 N–H and O–H groups in total. The van der Waals surface area contributed by atoms with E-state index < -0.39 is 40.3 Å². The summed E-state index contributed by atoms with van der Waals surface area (Å²) in [5.41, 5.74) is -1.70. The fourth-order valence-electron chi connectivity index (χ4n) is 5.55. The van der Waals surface area contributed by atoms with Crippen LogP contribution in [0.4, 0.5) is 4.39 Å². The molecule has 1 aliphatic carbocycles. The summed E-state index contributed by atoms with van der Waals surface area (Å²) in [6.45, 7) is 3.44.